The van der Waals surface area contributed by atoms with Crippen LogP contribution < -0.4 is 0 Å². The maximum Gasteiger partial charge on any atom is 0.416 e. The van der Waals surface area contributed by atoms with Gasteiger partial charge in [-0.25, -0.2) is 9.97 Å². The molecule has 3 aromatic carbocycles. The van der Waals surface area contributed by atoms with Gasteiger partial charge in [-0.15, -0.1) is 0 Å². The summed E-state index contributed by atoms with van der Waals surface area (Å²) in [4.78, 5) is 8.33. The van der Waals surface area contributed by atoms with Gasteiger partial charge in [0.05, 0.1) is 33.4 Å². The number of rotatable bonds is 2. The van der Waals surface area contributed by atoms with Crippen molar-refractivity contribution in [3.8, 4) is 29.2 Å². The lowest BCUT2D eigenvalue weighted by molar-refractivity contribution is -0.137. The van der Waals surface area contributed by atoms with Crippen molar-refractivity contribution in [3.63, 3.8) is 0 Å². The number of fused-ring (bicyclic) bond motifs is 3. The van der Waals surface area contributed by atoms with Gasteiger partial charge in [-0.1, -0.05) is 18.2 Å². The molecule has 0 aliphatic heterocycles. The van der Waals surface area contributed by atoms with Crippen LogP contribution in [0.4, 0.5) is 13.2 Å². The summed E-state index contributed by atoms with van der Waals surface area (Å²) in [5.74, 6) is 0.333. The SMILES string of the molecule is Cc1ccc2c3ccc(C(F)(F)F)cc3n(-c3ccc(-c4ncc(C#N)cn4)cc3C#N)c2c1. The molecule has 0 bridgehead atoms. The first-order valence-electron chi connectivity index (χ1n) is 10.2. The number of hydrogen-bond acceptors (Lipinski definition) is 4. The van der Waals surface area contributed by atoms with E-state index < -0.39 is 11.7 Å². The largest absolute Gasteiger partial charge is 0.416 e. The van der Waals surface area contributed by atoms with Crippen molar-refractivity contribution in [2.24, 2.45) is 0 Å². The molecule has 0 aliphatic rings. The van der Waals surface area contributed by atoms with Crippen LogP contribution in [0.5, 0.6) is 0 Å². The topological polar surface area (TPSA) is 78.3 Å². The summed E-state index contributed by atoms with van der Waals surface area (Å²) in [5.41, 5.74) is 2.80. The molecule has 0 fully saturated rings. The van der Waals surface area contributed by atoms with E-state index in [0.29, 0.717) is 39.1 Å². The summed E-state index contributed by atoms with van der Waals surface area (Å²) in [5, 5.41) is 20.3. The van der Waals surface area contributed by atoms with Gasteiger partial charge < -0.3 is 4.57 Å². The Bertz CT molecular complexity index is 1670. The molecule has 0 spiro atoms. The van der Waals surface area contributed by atoms with Gasteiger partial charge in [-0.3, -0.25) is 0 Å². The number of aromatic nitrogens is 3. The predicted molar refractivity (Wildman–Crippen MR) is 121 cm³/mol. The van der Waals surface area contributed by atoms with Crippen molar-refractivity contribution in [3.05, 3.63) is 89.2 Å². The molecule has 5 nitrogen and oxygen atoms in total. The summed E-state index contributed by atoms with van der Waals surface area (Å²) in [6, 6.07) is 18.4. The molecule has 0 radical (unpaired) electrons. The van der Waals surface area contributed by atoms with E-state index in [0.717, 1.165) is 23.1 Å². The molecule has 0 amide bonds. The van der Waals surface area contributed by atoms with E-state index in [1.165, 1.54) is 18.5 Å². The normalized spacial score (nSPS) is 11.5. The summed E-state index contributed by atoms with van der Waals surface area (Å²) in [7, 11) is 0. The molecule has 2 heterocycles. The zero-order chi connectivity index (χ0) is 24.0. The molecule has 5 aromatic rings. The van der Waals surface area contributed by atoms with E-state index in [1.807, 2.05) is 31.2 Å². The lowest BCUT2D eigenvalue weighted by Gasteiger charge is -2.13. The van der Waals surface area contributed by atoms with E-state index in [4.69, 9.17) is 5.26 Å². The minimum Gasteiger partial charge on any atom is -0.308 e. The van der Waals surface area contributed by atoms with Crippen LogP contribution in [0, 0.1) is 29.6 Å². The molecular formula is C26H14F3N5. The molecule has 34 heavy (non-hydrogen) atoms. The zero-order valence-electron chi connectivity index (χ0n) is 17.7. The first-order chi connectivity index (χ1) is 16.3. The van der Waals surface area contributed by atoms with E-state index in [-0.39, 0.29) is 5.56 Å². The van der Waals surface area contributed by atoms with Gasteiger partial charge in [0.15, 0.2) is 5.82 Å². The predicted octanol–water partition coefficient (Wildman–Crippen LogP) is 6.31. The highest BCUT2D eigenvalue weighted by Gasteiger charge is 2.31. The van der Waals surface area contributed by atoms with E-state index in [2.05, 4.69) is 16.0 Å². The van der Waals surface area contributed by atoms with Gasteiger partial charge in [0, 0.05) is 28.7 Å². The highest BCUT2D eigenvalue weighted by atomic mass is 19.4. The molecule has 0 saturated heterocycles. The molecule has 0 unspecified atom stereocenters. The molecular weight excluding hydrogens is 439 g/mol. The number of nitriles is 2. The Morgan fingerprint density at radius 3 is 2.15 bits per heavy atom. The molecule has 8 heteroatoms. The van der Waals surface area contributed by atoms with Crippen molar-refractivity contribution >= 4 is 21.8 Å². The van der Waals surface area contributed by atoms with Crippen molar-refractivity contribution < 1.29 is 13.2 Å². The van der Waals surface area contributed by atoms with Crippen LogP contribution >= 0.6 is 0 Å². The van der Waals surface area contributed by atoms with Gasteiger partial charge in [0.1, 0.15) is 12.1 Å². The Hall–Kier alpha value is -4.69. The maximum atomic E-state index is 13.5. The zero-order valence-corrected chi connectivity index (χ0v) is 17.7. The molecule has 164 valence electrons. The van der Waals surface area contributed by atoms with Crippen LogP contribution in [0.3, 0.4) is 0 Å². The number of hydrogen-bond donors (Lipinski definition) is 0. The second-order valence-electron chi connectivity index (χ2n) is 7.84. The fourth-order valence-corrected chi connectivity index (χ4v) is 4.06. The molecule has 2 aromatic heterocycles. The van der Waals surface area contributed by atoms with Crippen LogP contribution in [0.25, 0.3) is 38.9 Å². The highest BCUT2D eigenvalue weighted by molar-refractivity contribution is 6.09. The van der Waals surface area contributed by atoms with Crippen LogP contribution in [0.15, 0.2) is 67.0 Å². The molecule has 5 rings (SSSR count). The number of aryl methyl sites for hydroxylation is 1. The first-order valence-corrected chi connectivity index (χ1v) is 10.2. The molecule has 0 aliphatic carbocycles. The Morgan fingerprint density at radius 1 is 0.824 bits per heavy atom. The van der Waals surface area contributed by atoms with Gasteiger partial charge in [-0.05, 0) is 48.9 Å². The maximum absolute atomic E-state index is 13.5. The average molecular weight is 453 g/mol. The van der Waals surface area contributed by atoms with Gasteiger partial charge >= 0.3 is 6.18 Å². The number of benzene rings is 3. The van der Waals surface area contributed by atoms with Crippen molar-refractivity contribution in [1.29, 1.82) is 10.5 Å². The Morgan fingerprint density at radius 2 is 1.50 bits per heavy atom. The monoisotopic (exact) mass is 453 g/mol. The van der Waals surface area contributed by atoms with Crippen LogP contribution in [0.2, 0.25) is 0 Å². The lowest BCUT2D eigenvalue weighted by Crippen LogP contribution is -2.05. The van der Waals surface area contributed by atoms with Crippen LogP contribution in [-0.2, 0) is 6.18 Å². The highest BCUT2D eigenvalue weighted by Crippen LogP contribution is 2.38. The summed E-state index contributed by atoms with van der Waals surface area (Å²) >= 11 is 0. The van der Waals surface area contributed by atoms with Crippen molar-refractivity contribution in [2.45, 2.75) is 13.1 Å². The third kappa shape index (κ3) is 3.42. The summed E-state index contributed by atoms with van der Waals surface area (Å²) < 4.78 is 42.2. The minimum atomic E-state index is -4.50. The van der Waals surface area contributed by atoms with Crippen LogP contribution in [-0.4, -0.2) is 14.5 Å². The van der Waals surface area contributed by atoms with Gasteiger partial charge in [0.25, 0.3) is 0 Å². The number of alkyl halides is 3. The third-order valence-electron chi connectivity index (χ3n) is 5.65. The van der Waals surface area contributed by atoms with Gasteiger partial charge in [0.2, 0.25) is 0 Å². The van der Waals surface area contributed by atoms with Crippen molar-refractivity contribution in [1.82, 2.24) is 14.5 Å². The van der Waals surface area contributed by atoms with Gasteiger partial charge in [-0.2, -0.15) is 23.7 Å². The van der Waals surface area contributed by atoms with E-state index in [1.54, 1.807) is 22.8 Å². The third-order valence-corrected chi connectivity index (χ3v) is 5.65. The lowest BCUT2D eigenvalue weighted by atomic mass is 10.1. The summed E-state index contributed by atoms with van der Waals surface area (Å²) in [6.07, 6.45) is -1.73. The van der Waals surface area contributed by atoms with Crippen molar-refractivity contribution in [2.75, 3.05) is 0 Å². The molecule has 0 N–H and O–H groups in total. The summed E-state index contributed by atoms with van der Waals surface area (Å²) in [6.45, 7) is 1.90. The van der Waals surface area contributed by atoms with E-state index >= 15 is 0 Å². The minimum absolute atomic E-state index is 0.253. The average Bonchev–Trinajstić information content (AvgIpc) is 3.15. The first kappa shape index (κ1) is 21.2. The number of nitrogens with zero attached hydrogens (tertiary/aromatic N) is 5. The Labute approximate surface area is 192 Å². The standard InChI is InChI=1S/C26H14F3N5/c1-15-2-5-20-21-6-4-19(26(27,28)29)10-24(21)34(23(20)8-15)22-7-3-17(9-18(22)12-31)25-32-13-16(11-30)14-33-25/h2-10,13-14H,1H3. The van der Waals surface area contributed by atoms with E-state index in [9.17, 15) is 18.4 Å². The Kier molecular flexibility index (Phi) is 4.80. The fourth-order valence-electron chi connectivity index (χ4n) is 4.06. The molecule has 0 atom stereocenters. The smallest absolute Gasteiger partial charge is 0.308 e. The number of halogens is 3. The fraction of sp³-hybridized carbons (Fsp3) is 0.0769. The van der Waals surface area contributed by atoms with Crippen LogP contribution in [0.1, 0.15) is 22.3 Å². The molecule has 0 saturated carbocycles. The second-order valence-corrected chi connectivity index (χ2v) is 7.84. The quantitative estimate of drug-likeness (QED) is 0.314. The second kappa shape index (κ2) is 7.72. The Balaban J connectivity index is 1.79.